The Balaban J connectivity index is 2.16. The SMILES string of the molecule is C1=Cc2c(c3ccccc3n2-c2ccccc2)C=I1. The molecule has 0 bridgehead atoms. The molecule has 2 aromatic carbocycles. The third-order valence-corrected chi connectivity index (χ3v) is 5.19. The van der Waals surface area contributed by atoms with E-state index in [1.165, 1.54) is 27.8 Å². The van der Waals surface area contributed by atoms with Gasteiger partial charge in [-0.05, 0) is 32.4 Å². The zero-order valence-electron chi connectivity index (χ0n) is 10.3. The Bertz CT molecular complexity index is 810. The average Bonchev–Trinajstić information content (AvgIpc) is 2.83. The molecule has 1 nitrogen and oxygen atoms in total. The average molecular weight is 357 g/mol. The van der Waals surface area contributed by atoms with Crippen LogP contribution < -0.4 is 0 Å². The van der Waals surface area contributed by atoms with Crippen LogP contribution in [0.4, 0.5) is 0 Å². The highest BCUT2D eigenvalue weighted by Gasteiger charge is 2.15. The molecule has 19 heavy (non-hydrogen) atoms. The van der Waals surface area contributed by atoms with Gasteiger partial charge in [-0.15, -0.1) is 0 Å². The molecule has 0 saturated carbocycles. The summed E-state index contributed by atoms with van der Waals surface area (Å²) in [5.41, 5.74) is 5.26. The van der Waals surface area contributed by atoms with E-state index in [9.17, 15) is 0 Å². The lowest BCUT2D eigenvalue weighted by Crippen LogP contribution is -1.97. The monoisotopic (exact) mass is 357 g/mol. The van der Waals surface area contributed by atoms with Gasteiger partial charge in [0, 0.05) is 16.6 Å². The Morgan fingerprint density at radius 1 is 0.842 bits per heavy atom. The number of halogens is 1. The second-order valence-electron chi connectivity index (χ2n) is 4.51. The molecular weight excluding hydrogens is 345 g/mol. The Hall–Kier alpha value is -1.68. The van der Waals surface area contributed by atoms with Crippen LogP contribution in [0.15, 0.2) is 58.7 Å². The minimum atomic E-state index is 0.0752. The van der Waals surface area contributed by atoms with Crippen LogP contribution in [0.1, 0.15) is 11.3 Å². The minimum absolute atomic E-state index is 0.0752. The number of nitrogens with zero attached hydrogens (tertiary/aromatic N) is 1. The Morgan fingerprint density at radius 3 is 2.53 bits per heavy atom. The highest BCUT2D eigenvalue weighted by atomic mass is 127. The first-order chi connectivity index (χ1) is 9.45. The molecule has 1 aliphatic heterocycles. The van der Waals surface area contributed by atoms with Gasteiger partial charge in [0.15, 0.2) is 0 Å². The van der Waals surface area contributed by atoms with Gasteiger partial charge in [0.2, 0.25) is 0 Å². The summed E-state index contributed by atoms with van der Waals surface area (Å²) in [6.07, 6.45) is 2.29. The Morgan fingerprint density at radius 2 is 1.63 bits per heavy atom. The summed E-state index contributed by atoms with van der Waals surface area (Å²) in [4.78, 5) is 0. The van der Waals surface area contributed by atoms with E-state index in [2.05, 4.69) is 73.3 Å². The van der Waals surface area contributed by atoms with Gasteiger partial charge in [-0.3, -0.25) is 0 Å². The highest BCUT2D eigenvalue weighted by molar-refractivity contribution is 14.2. The van der Waals surface area contributed by atoms with Crippen molar-refractivity contribution in [1.82, 2.24) is 4.57 Å². The van der Waals surface area contributed by atoms with E-state index in [4.69, 9.17) is 0 Å². The standard InChI is InChI=1S/C17H12IN/c1-2-6-13(7-3-1)19-16-9-5-4-8-14(16)15-12-18-11-10-17(15)19/h1-12H. The maximum Gasteiger partial charge on any atom is 0.0549 e. The zero-order chi connectivity index (χ0) is 12.7. The summed E-state index contributed by atoms with van der Waals surface area (Å²) >= 11 is 0.0752. The summed E-state index contributed by atoms with van der Waals surface area (Å²) in [5, 5.41) is 1.37. The summed E-state index contributed by atoms with van der Waals surface area (Å²) in [5.74, 6) is 0. The predicted octanol–water partition coefficient (Wildman–Crippen LogP) is 4.74. The maximum absolute atomic E-state index is 2.43. The van der Waals surface area contributed by atoms with Crippen molar-refractivity contribution in [3.05, 3.63) is 69.9 Å². The number of aromatic nitrogens is 1. The molecule has 2 heterocycles. The van der Waals surface area contributed by atoms with Crippen LogP contribution >= 0.6 is 20.7 Å². The normalized spacial score (nSPS) is 13.3. The highest BCUT2D eigenvalue weighted by Crippen LogP contribution is 2.32. The van der Waals surface area contributed by atoms with Crippen molar-refractivity contribution < 1.29 is 0 Å². The van der Waals surface area contributed by atoms with Crippen molar-refractivity contribution in [2.45, 2.75) is 0 Å². The zero-order valence-corrected chi connectivity index (χ0v) is 12.4. The van der Waals surface area contributed by atoms with E-state index in [1.807, 2.05) is 0 Å². The van der Waals surface area contributed by atoms with Crippen LogP contribution in [0.2, 0.25) is 0 Å². The molecule has 0 radical (unpaired) electrons. The van der Waals surface area contributed by atoms with Gasteiger partial charge in [-0.2, -0.15) is 0 Å². The van der Waals surface area contributed by atoms with Gasteiger partial charge >= 0.3 is 0 Å². The molecule has 1 aromatic heterocycles. The van der Waals surface area contributed by atoms with Gasteiger partial charge in [-0.25, -0.2) is 0 Å². The fraction of sp³-hybridized carbons (Fsp3) is 0. The van der Waals surface area contributed by atoms with Crippen LogP contribution in [0.3, 0.4) is 0 Å². The summed E-state index contributed by atoms with van der Waals surface area (Å²) in [6, 6.07) is 19.3. The first kappa shape index (κ1) is 11.2. The number of benzene rings is 2. The van der Waals surface area contributed by atoms with E-state index in [1.54, 1.807) is 0 Å². The molecule has 3 aromatic rings. The van der Waals surface area contributed by atoms with Crippen LogP contribution in [0.5, 0.6) is 0 Å². The smallest absolute Gasteiger partial charge is 0.0549 e. The third-order valence-electron chi connectivity index (χ3n) is 3.43. The van der Waals surface area contributed by atoms with Gasteiger partial charge in [0.05, 0.1) is 11.2 Å². The molecule has 0 fully saturated rings. The number of fused-ring (bicyclic) bond motifs is 3. The van der Waals surface area contributed by atoms with Crippen LogP contribution in [0.25, 0.3) is 22.7 Å². The van der Waals surface area contributed by atoms with Gasteiger partial charge in [-0.1, -0.05) is 57.1 Å². The van der Waals surface area contributed by atoms with Crippen molar-refractivity contribution in [2.24, 2.45) is 0 Å². The molecule has 0 unspecified atom stereocenters. The molecule has 92 valence electrons. The lowest BCUT2D eigenvalue weighted by molar-refractivity contribution is 1.11. The number of para-hydroxylation sites is 2. The maximum atomic E-state index is 2.43. The predicted molar refractivity (Wildman–Crippen MR) is 91.5 cm³/mol. The summed E-state index contributed by atoms with van der Waals surface area (Å²) in [7, 11) is 0. The van der Waals surface area contributed by atoms with E-state index in [-0.39, 0.29) is 20.7 Å². The molecule has 2 heteroatoms. The van der Waals surface area contributed by atoms with E-state index in [0.29, 0.717) is 0 Å². The molecule has 0 amide bonds. The van der Waals surface area contributed by atoms with E-state index < -0.39 is 0 Å². The van der Waals surface area contributed by atoms with Crippen molar-refractivity contribution in [3.8, 4) is 5.69 Å². The first-order valence-electron chi connectivity index (χ1n) is 6.26. The molecule has 0 spiro atoms. The second-order valence-corrected chi connectivity index (χ2v) is 6.58. The fourth-order valence-electron chi connectivity index (χ4n) is 2.61. The summed E-state index contributed by atoms with van der Waals surface area (Å²) < 4.78 is 7.12. The molecular formula is C17H12IN. The molecule has 1 aliphatic rings. The van der Waals surface area contributed by atoms with Crippen molar-refractivity contribution in [3.63, 3.8) is 0 Å². The third kappa shape index (κ3) is 1.70. The van der Waals surface area contributed by atoms with E-state index >= 15 is 0 Å². The summed E-state index contributed by atoms with van der Waals surface area (Å²) in [6.45, 7) is 0. The first-order valence-corrected chi connectivity index (χ1v) is 8.75. The van der Waals surface area contributed by atoms with Crippen molar-refractivity contribution in [1.29, 1.82) is 0 Å². The van der Waals surface area contributed by atoms with E-state index in [0.717, 1.165) is 0 Å². The fourth-order valence-corrected chi connectivity index (χ4v) is 4.38. The van der Waals surface area contributed by atoms with Crippen LogP contribution in [-0.2, 0) is 0 Å². The minimum Gasteiger partial charge on any atom is -0.309 e. The number of hydrogen-bond donors (Lipinski definition) is 0. The number of rotatable bonds is 1. The number of hydrogen-bond acceptors (Lipinski definition) is 0. The lowest BCUT2D eigenvalue weighted by atomic mass is 10.1. The van der Waals surface area contributed by atoms with Gasteiger partial charge in [0.25, 0.3) is 0 Å². The Kier molecular flexibility index (Phi) is 2.62. The molecule has 0 atom stereocenters. The molecule has 4 rings (SSSR count). The second kappa shape index (κ2) is 4.46. The quantitative estimate of drug-likeness (QED) is 0.555. The van der Waals surface area contributed by atoms with Gasteiger partial charge in [0.1, 0.15) is 0 Å². The van der Waals surface area contributed by atoms with Crippen molar-refractivity contribution >= 4 is 41.7 Å². The van der Waals surface area contributed by atoms with Crippen LogP contribution in [0, 0.1) is 0 Å². The largest absolute Gasteiger partial charge is 0.309 e. The topological polar surface area (TPSA) is 4.93 Å². The Labute approximate surface area is 121 Å². The van der Waals surface area contributed by atoms with Crippen LogP contribution in [-0.4, -0.2) is 8.58 Å². The lowest BCUT2D eigenvalue weighted by Gasteiger charge is -2.09. The molecule has 0 saturated heterocycles. The molecule has 0 aliphatic carbocycles. The molecule has 0 N–H and O–H groups in total. The van der Waals surface area contributed by atoms with Gasteiger partial charge < -0.3 is 4.57 Å². The van der Waals surface area contributed by atoms with Crippen molar-refractivity contribution in [2.75, 3.05) is 0 Å².